The molecule has 0 aliphatic rings. The van der Waals surface area contributed by atoms with Crippen molar-refractivity contribution in [3.63, 3.8) is 0 Å². The molecule has 0 aliphatic heterocycles. The van der Waals surface area contributed by atoms with Gasteiger partial charge < -0.3 is 0 Å². The van der Waals surface area contributed by atoms with E-state index in [1.165, 1.54) is 0 Å². The average molecular weight is 307 g/mol. The van der Waals surface area contributed by atoms with Crippen LogP contribution in [-0.4, -0.2) is 19.2 Å². The van der Waals surface area contributed by atoms with Crippen LogP contribution in [0, 0.1) is 5.41 Å². The van der Waals surface area contributed by atoms with Gasteiger partial charge in [0.1, 0.15) is 5.82 Å². The summed E-state index contributed by atoms with van der Waals surface area (Å²) in [6.45, 7) is 5.63. The summed E-state index contributed by atoms with van der Waals surface area (Å²) in [4.78, 5) is 3.93. The number of nitrogens with zero attached hydrogens (tertiary/aromatic N) is 1. The maximum Gasteiger partial charge on any atom is 0.234 e. The normalized spacial score (nSPS) is 12.5. The molecule has 0 aromatic carbocycles. The van der Waals surface area contributed by atoms with E-state index in [-0.39, 0.29) is 11.2 Å². The van der Waals surface area contributed by atoms with Crippen molar-refractivity contribution in [1.82, 2.24) is 4.98 Å². The molecule has 0 atom stereocenters. The number of rotatable bonds is 3. The van der Waals surface area contributed by atoms with Crippen molar-refractivity contribution in [2.24, 2.45) is 5.41 Å². The van der Waals surface area contributed by atoms with Crippen LogP contribution in [0.3, 0.4) is 0 Å². The van der Waals surface area contributed by atoms with Crippen molar-refractivity contribution in [3.8, 4) is 0 Å². The van der Waals surface area contributed by atoms with Crippen molar-refractivity contribution < 1.29 is 8.42 Å². The van der Waals surface area contributed by atoms with Gasteiger partial charge >= 0.3 is 0 Å². The lowest BCUT2D eigenvalue weighted by Gasteiger charge is -2.18. The van der Waals surface area contributed by atoms with Crippen molar-refractivity contribution in [1.29, 1.82) is 0 Å². The molecule has 1 aromatic heterocycles. The number of nitrogens with one attached hydrogen (secondary N) is 1. The standard InChI is InChI=1S/C10H15BrN2O2S/c1-10(2,3)7-16(14,15)13-9-6-8(11)4-5-12-9/h4-6H,7H2,1-3H3,(H,12,13). The summed E-state index contributed by atoms with van der Waals surface area (Å²) in [7, 11) is -3.34. The van der Waals surface area contributed by atoms with Crippen LogP contribution in [0.15, 0.2) is 22.8 Å². The summed E-state index contributed by atoms with van der Waals surface area (Å²) in [5, 5.41) is 0. The van der Waals surface area contributed by atoms with Gasteiger partial charge in [-0.3, -0.25) is 4.72 Å². The summed E-state index contributed by atoms with van der Waals surface area (Å²) in [6, 6.07) is 3.36. The van der Waals surface area contributed by atoms with Gasteiger partial charge in [-0.1, -0.05) is 36.7 Å². The molecule has 1 rings (SSSR count). The Morgan fingerprint density at radius 2 is 2.06 bits per heavy atom. The van der Waals surface area contributed by atoms with Crippen LogP contribution in [-0.2, 0) is 10.0 Å². The lowest BCUT2D eigenvalue weighted by atomic mass is 10.0. The minimum atomic E-state index is -3.34. The van der Waals surface area contributed by atoms with Gasteiger partial charge in [-0.2, -0.15) is 0 Å². The first-order chi connectivity index (χ1) is 7.18. The second-order valence-electron chi connectivity index (χ2n) is 4.78. The molecule has 0 fully saturated rings. The number of hydrogen-bond donors (Lipinski definition) is 1. The number of halogens is 1. The SMILES string of the molecule is CC(C)(C)CS(=O)(=O)Nc1cc(Br)ccn1. The highest BCUT2D eigenvalue weighted by molar-refractivity contribution is 9.10. The molecule has 16 heavy (non-hydrogen) atoms. The zero-order valence-electron chi connectivity index (χ0n) is 9.49. The third-order valence-electron chi connectivity index (χ3n) is 1.61. The van der Waals surface area contributed by atoms with E-state index in [1.54, 1.807) is 18.3 Å². The fourth-order valence-electron chi connectivity index (χ4n) is 1.23. The number of anilines is 1. The quantitative estimate of drug-likeness (QED) is 0.934. The highest BCUT2D eigenvalue weighted by Gasteiger charge is 2.21. The average Bonchev–Trinajstić information content (AvgIpc) is 1.96. The molecule has 1 N–H and O–H groups in total. The fraction of sp³-hybridized carbons (Fsp3) is 0.500. The van der Waals surface area contributed by atoms with E-state index in [4.69, 9.17) is 0 Å². The number of hydrogen-bond acceptors (Lipinski definition) is 3. The van der Waals surface area contributed by atoms with Gasteiger partial charge in [0, 0.05) is 10.7 Å². The predicted molar refractivity (Wildman–Crippen MR) is 68.8 cm³/mol. The minimum absolute atomic E-state index is 0.0637. The molecule has 0 unspecified atom stereocenters. The van der Waals surface area contributed by atoms with Crippen LogP contribution in [0.2, 0.25) is 0 Å². The second-order valence-corrected chi connectivity index (χ2v) is 7.42. The number of sulfonamides is 1. The van der Waals surface area contributed by atoms with Crippen LogP contribution < -0.4 is 4.72 Å². The van der Waals surface area contributed by atoms with E-state index in [9.17, 15) is 8.42 Å². The molecular formula is C10H15BrN2O2S. The Hall–Kier alpha value is -0.620. The maximum absolute atomic E-state index is 11.8. The van der Waals surface area contributed by atoms with Crippen LogP contribution >= 0.6 is 15.9 Å². The Morgan fingerprint density at radius 1 is 1.44 bits per heavy atom. The van der Waals surface area contributed by atoms with Gasteiger partial charge in [-0.25, -0.2) is 13.4 Å². The Labute approximate surface area is 105 Å². The highest BCUT2D eigenvalue weighted by atomic mass is 79.9. The molecule has 0 bridgehead atoms. The van der Waals surface area contributed by atoms with E-state index in [2.05, 4.69) is 25.6 Å². The second kappa shape index (κ2) is 4.71. The monoisotopic (exact) mass is 306 g/mol. The Morgan fingerprint density at radius 3 is 2.56 bits per heavy atom. The van der Waals surface area contributed by atoms with Gasteiger partial charge in [-0.05, 0) is 17.5 Å². The van der Waals surface area contributed by atoms with Gasteiger partial charge in [0.05, 0.1) is 5.75 Å². The molecule has 1 aromatic rings. The highest BCUT2D eigenvalue weighted by Crippen LogP contribution is 2.19. The maximum atomic E-state index is 11.8. The molecular weight excluding hydrogens is 292 g/mol. The number of aromatic nitrogens is 1. The third kappa shape index (κ3) is 4.94. The van der Waals surface area contributed by atoms with Gasteiger partial charge in [0.15, 0.2) is 0 Å². The topological polar surface area (TPSA) is 59.1 Å². The molecule has 90 valence electrons. The molecule has 0 amide bonds. The Balaban J connectivity index is 2.81. The lowest BCUT2D eigenvalue weighted by Crippen LogP contribution is -2.26. The molecule has 4 nitrogen and oxygen atoms in total. The minimum Gasteiger partial charge on any atom is -0.267 e. The van der Waals surface area contributed by atoms with Gasteiger partial charge in [0.2, 0.25) is 10.0 Å². The fourth-order valence-corrected chi connectivity index (χ4v) is 3.20. The lowest BCUT2D eigenvalue weighted by molar-refractivity contribution is 0.463. The predicted octanol–water partition coefficient (Wildman–Crippen LogP) is 2.63. The first-order valence-electron chi connectivity index (χ1n) is 4.80. The van der Waals surface area contributed by atoms with Crippen molar-refractivity contribution in [2.75, 3.05) is 10.5 Å². The third-order valence-corrected chi connectivity index (χ3v) is 3.86. The summed E-state index contributed by atoms with van der Waals surface area (Å²) in [5.41, 5.74) is -0.280. The number of pyridine rings is 1. The van der Waals surface area contributed by atoms with Gasteiger partial charge in [0.25, 0.3) is 0 Å². The zero-order chi connectivity index (χ0) is 12.4. The Kier molecular flexibility index (Phi) is 3.96. The zero-order valence-corrected chi connectivity index (χ0v) is 11.9. The van der Waals surface area contributed by atoms with Crippen molar-refractivity contribution in [3.05, 3.63) is 22.8 Å². The smallest absolute Gasteiger partial charge is 0.234 e. The molecule has 0 aliphatic carbocycles. The van der Waals surface area contributed by atoms with Crippen molar-refractivity contribution >= 4 is 31.8 Å². The largest absolute Gasteiger partial charge is 0.267 e. The van der Waals surface area contributed by atoms with E-state index < -0.39 is 10.0 Å². The van der Waals surface area contributed by atoms with E-state index >= 15 is 0 Å². The van der Waals surface area contributed by atoms with E-state index in [0.717, 1.165) is 4.47 Å². The molecule has 1 heterocycles. The molecule has 6 heteroatoms. The molecule has 0 radical (unpaired) electrons. The summed E-state index contributed by atoms with van der Waals surface area (Å²) < 4.78 is 26.8. The first-order valence-corrected chi connectivity index (χ1v) is 7.25. The summed E-state index contributed by atoms with van der Waals surface area (Å²) in [6.07, 6.45) is 1.54. The first kappa shape index (κ1) is 13.4. The van der Waals surface area contributed by atoms with Crippen molar-refractivity contribution in [2.45, 2.75) is 20.8 Å². The van der Waals surface area contributed by atoms with E-state index in [1.807, 2.05) is 20.8 Å². The van der Waals surface area contributed by atoms with Crippen LogP contribution in [0.5, 0.6) is 0 Å². The van der Waals surface area contributed by atoms with Gasteiger partial charge in [-0.15, -0.1) is 0 Å². The molecule has 0 saturated carbocycles. The summed E-state index contributed by atoms with van der Waals surface area (Å²) >= 11 is 3.26. The Bertz CT molecular complexity index is 466. The van der Waals surface area contributed by atoms with E-state index in [0.29, 0.717) is 5.82 Å². The van der Waals surface area contributed by atoms with Crippen LogP contribution in [0.4, 0.5) is 5.82 Å². The van der Waals surface area contributed by atoms with Crippen LogP contribution in [0.1, 0.15) is 20.8 Å². The molecule has 0 spiro atoms. The molecule has 0 saturated heterocycles. The summed E-state index contributed by atoms with van der Waals surface area (Å²) in [5.74, 6) is 0.396. The van der Waals surface area contributed by atoms with Crippen LogP contribution in [0.25, 0.3) is 0 Å².